The van der Waals surface area contributed by atoms with Crippen LogP contribution in [-0.2, 0) is 16.0 Å². The third-order valence-corrected chi connectivity index (χ3v) is 4.24. The summed E-state index contributed by atoms with van der Waals surface area (Å²) in [5, 5.41) is 2.44. The summed E-state index contributed by atoms with van der Waals surface area (Å²) in [6.07, 6.45) is 0.930. The summed E-state index contributed by atoms with van der Waals surface area (Å²) in [5.74, 6) is 0.255. The Labute approximate surface area is 187 Å². The van der Waals surface area contributed by atoms with Crippen LogP contribution >= 0.6 is 12.2 Å². The summed E-state index contributed by atoms with van der Waals surface area (Å²) in [5.41, 5.74) is 6.39. The molecule has 0 aliphatic rings. The van der Waals surface area contributed by atoms with Gasteiger partial charge in [0, 0.05) is 12.2 Å². The fraction of sp³-hybridized carbons (Fsp3) is 0.318. The van der Waals surface area contributed by atoms with Crippen molar-refractivity contribution in [3.8, 4) is 11.5 Å². The molecule has 3 N–H and O–H groups in total. The lowest BCUT2D eigenvalue weighted by Crippen LogP contribution is -2.49. The molecule has 0 aliphatic carbocycles. The van der Waals surface area contributed by atoms with Crippen molar-refractivity contribution in [3.05, 3.63) is 59.7 Å². The maximum Gasteiger partial charge on any atom is 0.276 e. The summed E-state index contributed by atoms with van der Waals surface area (Å²) < 4.78 is 16.2. The van der Waals surface area contributed by atoms with Gasteiger partial charge in [-0.15, -0.1) is 0 Å². The maximum atomic E-state index is 12.3. The number of amides is 2. The number of benzene rings is 2. The van der Waals surface area contributed by atoms with Gasteiger partial charge >= 0.3 is 0 Å². The van der Waals surface area contributed by atoms with Crippen LogP contribution in [0, 0.1) is 0 Å². The van der Waals surface area contributed by atoms with Crippen molar-refractivity contribution in [3.63, 3.8) is 0 Å². The van der Waals surface area contributed by atoms with E-state index in [1.807, 2.05) is 19.1 Å². The molecule has 0 saturated heterocycles. The van der Waals surface area contributed by atoms with Crippen molar-refractivity contribution in [2.75, 3.05) is 26.4 Å². The highest BCUT2D eigenvalue weighted by atomic mass is 32.1. The topological polar surface area (TPSA) is 97.9 Å². The van der Waals surface area contributed by atoms with Gasteiger partial charge in [-0.1, -0.05) is 25.1 Å². The average Bonchev–Trinajstić information content (AvgIpc) is 2.79. The van der Waals surface area contributed by atoms with Gasteiger partial charge in [0.05, 0.1) is 6.61 Å². The molecular weight excluding hydrogens is 418 g/mol. The SMILES string of the molecule is CCOCCOc1cccc(C(=O)NC(=S)NNC(=O)COc2ccc(CC)cc2)c1. The second kappa shape index (κ2) is 13.2. The Kier molecular flexibility index (Phi) is 10.3. The molecule has 0 aromatic heterocycles. The lowest BCUT2D eigenvalue weighted by atomic mass is 10.2. The van der Waals surface area contributed by atoms with E-state index in [9.17, 15) is 9.59 Å². The van der Waals surface area contributed by atoms with E-state index in [1.54, 1.807) is 36.4 Å². The number of rotatable bonds is 10. The number of hydrazine groups is 1. The Morgan fingerprint density at radius 3 is 2.42 bits per heavy atom. The Morgan fingerprint density at radius 2 is 1.71 bits per heavy atom. The minimum Gasteiger partial charge on any atom is -0.491 e. The molecule has 0 aliphatic heterocycles. The van der Waals surface area contributed by atoms with E-state index >= 15 is 0 Å². The van der Waals surface area contributed by atoms with Crippen LogP contribution in [0.15, 0.2) is 48.5 Å². The second-order valence-corrected chi connectivity index (χ2v) is 6.72. The van der Waals surface area contributed by atoms with Crippen LogP contribution in [0.4, 0.5) is 0 Å². The van der Waals surface area contributed by atoms with Gasteiger partial charge in [-0.2, -0.15) is 0 Å². The number of nitrogens with one attached hydrogen (secondary N) is 3. The number of carbonyl (C=O) groups is 2. The molecule has 166 valence electrons. The van der Waals surface area contributed by atoms with Crippen molar-refractivity contribution >= 4 is 29.1 Å². The van der Waals surface area contributed by atoms with E-state index in [0.717, 1.165) is 6.42 Å². The predicted molar refractivity (Wildman–Crippen MR) is 121 cm³/mol. The standard InChI is InChI=1S/C22H27N3O5S/c1-3-16-8-10-18(11-9-16)30-15-20(26)24-25-22(31)23-21(27)17-6-5-7-19(14-17)29-13-12-28-4-2/h5-11,14H,3-4,12-13,15H2,1-2H3,(H,24,26)(H2,23,25,27,31). The molecule has 2 aromatic rings. The average molecular weight is 446 g/mol. The zero-order valence-electron chi connectivity index (χ0n) is 17.6. The number of aryl methyl sites for hydroxylation is 1. The van der Waals surface area contributed by atoms with Gasteiger partial charge in [0.1, 0.15) is 18.1 Å². The van der Waals surface area contributed by atoms with Crippen molar-refractivity contribution in [1.82, 2.24) is 16.2 Å². The van der Waals surface area contributed by atoms with Gasteiger partial charge < -0.3 is 14.2 Å². The van der Waals surface area contributed by atoms with Crippen LogP contribution in [0.1, 0.15) is 29.8 Å². The molecule has 0 saturated carbocycles. The number of hydrogen-bond donors (Lipinski definition) is 3. The predicted octanol–water partition coefficient (Wildman–Crippen LogP) is 2.38. The normalized spacial score (nSPS) is 10.1. The van der Waals surface area contributed by atoms with E-state index in [2.05, 4.69) is 23.1 Å². The van der Waals surface area contributed by atoms with Crippen LogP contribution in [0.25, 0.3) is 0 Å². The molecule has 0 unspecified atom stereocenters. The van der Waals surface area contributed by atoms with E-state index < -0.39 is 11.8 Å². The molecule has 0 heterocycles. The third kappa shape index (κ3) is 9.02. The molecule has 8 nitrogen and oxygen atoms in total. The van der Waals surface area contributed by atoms with Gasteiger partial charge in [-0.05, 0) is 61.5 Å². The van der Waals surface area contributed by atoms with E-state index in [0.29, 0.717) is 36.9 Å². The first-order chi connectivity index (χ1) is 15.0. The van der Waals surface area contributed by atoms with Gasteiger partial charge in [-0.25, -0.2) is 0 Å². The molecule has 0 atom stereocenters. The quantitative estimate of drug-likeness (QED) is 0.293. The summed E-state index contributed by atoms with van der Waals surface area (Å²) >= 11 is 5.04. The lowest BCUT2D eigenvalue weighted by Gasteiger charge is -2.12. The first-order valence-corrected chi connectivity index (χ1v) is 10.3. The maximum absolute atomic E-state index is 12.3. The van der Waals surface area contributed by atoms with Crippen LogP contribution < -0.4 is 25.6 Å². The first kappa shape index (κ1) is 24.1. The molecule has 2 amide bonds. The van der Waals surface area contributed by atoms with Gasteiger partial charge in [0.2, 0.25) is 0 Å². The Morgan fingerprint density at radius 1 is 0.935 bits per heavy atom. The molecule has 31 heavy (non-hydrogen) atoms. The molecule has 0 fully saturated rings. The van der Waals surface area contributed by atoms with E-state index in [-0.39, 0.29) is 11.7 Å². The van der Waals surface area contributed by atoms with Crippen molar-refractivity contribution in [1.29, 1.82) is 0 Å². The number of hydrogen-bond acceptors (Lipinski definition) is 6. The number of thiocarbonyl (C=S) groups is 1. The smallest absolute Gasteiger partial charge is 0.276 e. The second-order valence-electron chi connectivity index (χ2n) is 6.32. The molecular formula is C22H27N3O5S. The summed E-state index contributed by atoms with van der Waals surface area (Å²) in [4.78, 5) is 24.2. The van der Waals surface area contributed by atoms with Gasteiger partial charge in [0.15, 0.2) is 11.7 Å². The lowest BCUT2D eigenvalue weighted by molar-refractivity contribution is -0.123. The Hall–Kier alpha value is -3.17. The first-order valence-electron chi connectivity index (χ1n) is 9.94. The zero-order chi connectivity index (χ0) is 22.5. The zero-order valence-corrected chi connectivity index (χ0v) is 18.4. The Bertz CT molecular complexity index is 874. The molecule has 0 radical (unpaired) electrons. The molecule has 2 rings (SSSR count). The number of carbonyl (C=O) groups excluding carboxylic acids is 2. The molecule has 0 spiro atoms. The number of ether oxygens (including phenoxy) is 3. The highest BCUT2D eigenvalue weighted by Gasteiger charge is 2.10. The van der Waals surface area contributed by atoms with Crippen LogP contribution in [0.5, 0.6) is 11.5 Å². The van der Waals surface area contributed by atoms with Crippen molar-refractivity contribution < 1.29 is 23.8 Å². The van der Waals surface area contributed by atoms with Crippen LogP contribution in [-0.4, -0.2) is 43.4 Å². The highest BCUT2D eigenvalue weighted by molar-refractivity contribution is 7.80. The monoisotopic (exact) mass is 445 g/mol. The minimum absolute atomic E-state index is 0.0479. The third-order valence-electron chi connectivity index (χ3n) is 4.04. The van der Waals surface area contributed by atoms with Gasteiger partial charge in [0.25, 0.3) is 11.8 Å². The largest absolute Gasteiger partial charge is 0.491 e. The fourth-order valence-corrected chi connectivity index (χ4v) is 2.57. The van der Waals surface area contributed by atoms with E-state index in [1.165, 1.54) is 5.56 Å². The Balaban J connectivity index is 1.72. The summed E-state index contributed by atoms with van der Waals surface area (Å²) in [6.45, 7) is 5.24. The molecule has 2 aromatic carbocycles. The van der Waals surface area contributed by atoms with Crippen LogP contribution in [0.3, 0.4) is 0 Å². The highest BCUT2D eigenvalue weighted by Crippen LogP contribution is 2.13. The molecule has 0 bridgehead atoms. The molecule has 9 heteroatoms. The van der Waals surface area contributed by atoms with Crippen molar-refractivity contribution in [2.45, 2.75) is 20.3 Å². The minimum atomic E-state index is -0.444. The fourth-order valence-electron chi connectivity index (χ4n) is 2.43. The van der Waals surface area contributed by atoms with Crippen molar-refractivity contribution in [2.24, 2.45) is 0 Å². The van der Waals surface area contributed by atoms with Crippen LogP contribution in [0.2, 0.25) is 0 Å². The summed E-state index contributed by atoms with van der Waals surface area (Å²) in [6, 6.07) is 14.2. The summed E-state index contributed by atoms with van der Waals surface area (Å²) in [7, 11) is 0. The van der Waals surface area contributed by atoms with E-state index in [4.69, 9.17) is 26.4 Å². The van der Waals surface area contributed by atoms with Gasteiger partial charge in [-0.3, -0.25) is 25.8 Å².